The zero-order valence-corrected chi connectivity index (χ0v) is 12.2. The first kappa shape index (κ1) is 14.3. The van der Waals surface area contributed by atoms with Crippen LogP contribution in [0.15, 0.2) is 0 Å². The van der Waals surface area contributed by atoms with Crippen LogP contribution < -0.4 is 5.32 Å². The topological polar surface area (TPSA) is 27.7 Å². The van der Waals surface area contributed by atoms with Gasteiger partial charge < -0.3 is 15.0 Å². The van der Waals surface area contributed by atoms with Crippen molar-refractivity contribution >= 4 is 0 Å². The molecule has 0 amide bonds. The van der Waals surface area contributed by atoms with Crippen molar-refractivity contribution < 1.29 is 4.74 Å². The van der Waals surface area contributed by atoms with Gasteiger partial charge in [0.15, 0.2) is 0 Å². The van der Waals surface area contributed by atoms with Crippen molar-refractivity contribution in [1.82, 2.24) is 15.1 Å². The Morgan fingerprint density at radius 3 is 2.61 bits per heavy atom. The molecule has 0 aromatic rings. The third-order valence-electron chi connectivity index (χ3n) is 4.36. The lowest BCUT2D eigenvalue weighted by Crippen LogP contribution is -2.57. The molecule has 4 heteroatoms. The summed E-state index contributed by atoms with van der Waals surface area (Å²) in [6, 6.07) is 0. The largest absolute Gasteiger partial charge is 0.384 e. The van der Waals surface area contributed by atoms with Gasteiger partial charge >= 0.3 is 0 Å². The molecule has 0 radical (unpaired) electrons. The van der Waals surface area contributed by atoms with Gasteiger partial charge in [-0.2, -0.15) is 0 Å². The molecule has 2 rings (SSSR count). The van der Waals surface area contributed by atoms with Crippen LogP contribution in [0.4, 0.5) is 0 Å². The molecule has 1 atom stereocenters. The summed E-state index contributed by atoms with van der Waals surface area (Å²) in [5, 5.41) is 3.43. The summed E-state index contributed by atoms with van der Waals surface area (Å²) in [5.74, 6) is 0.744. The first-order valence-corrected chi connectivity index (χ1v) is 7.29. The number of hydrogen-bond donors (Lipinski definition) is 1. The maximum Gasteiger partial charge on any atom is 0.0503 e. The molecule has 2 aliphatic heterocycles. The second kappa shape index (κ2) is 6.33. The Hall–Kier alpha value is -0.160. The van der Waals surface area contributed by atoms with Crippen molar-refractivity contribution in [1.29, 1.82) is 0 Å². The highest BCUT2D eigenvalue weighted by Crippen LogP contribution is 2.22. The highest BCUT2D eigenvalue weighted by Gasteiger charge is 2.32. The molecule has 18 heavy (non-hydrogen) atoms. The summed E-state index contributed by atoms with van der Waals surface area (Å²) in [6.45, 7) is 14.0. The Bertz CT molecular complexity index is 251. The highest BCUT2D eigenvalue weighted by atomic mass is 16.5. The average molecular weight is 255 g/mol. The fraction of sp³-hybridized carbons (Fsp3) is 1.00. The summed E-state index contributed by atoms with van der Waals surface area (Å²) >= 11 is 0. The second-order valence-electron chi connectivity index (χ2n) is 6.39. The normalized spacial score (nSPS) is 27.8. The van der Waals surface area contributed by atoms with E-state index >= 15 is 0 Å². The van der Waals surface area contributed by atoms with Gasteiger partial charge in [-0.3, -0.25) is 4.90 Å². The lowest BCUT2D eigenvalue weighted by Gasteiger charge is -2.43. The first-order valence-electron chi connectivity index (χ1n) is 7.29. The van der Waals surface area contributed by atoms with Gasteiger partial charge in [-0.1, -0.05) is 0 Å². The number of piperazine rings is 1. The molecule has 0 aromatic carbocycles. The molecule has 0 spiro atoms. The Labute approximate surface area is 112 Å². The van der Waals surface area contributed by atoms with E-state index in [2.05, 4.69) is 29.0 Å². The first-order chi connectivity index (χ1) is 8.62. The van der Waals surface area contributed by atoms with Crippen LogP contribution in [-0.4, -0.2) is 74.9 Å². The summed E-state index contributed by atoms with van der Waals surface area (Å²) in [7, 11) is 1.81. The zero-order valence-electron chi connectivity index (χ0n) is 12.2. The molecule has 0 bridgehead atoms. The standard InChI is InChI=1S/C14H29N3O/c1-14(2,17-8-5-15-6-9-17)12-16-7-4-13(10-16)11-18-3/h13,15H,4-12H2,1-3H3. The van der Waals surface area contributed by atoms with Crippen LogP contribution in [0.5, 0.6) is 0 Å². The minimum atomic E-state index is 0.296. The maximum absolute atomic E-state index is 5.28. The molecule has 0 aromatic heterocycles. The molecule has 2 fully saturated rings. The molecule has 2 heterocycles. The lowest BCUT2D eigenvalue weighted by molar-refractivity contribution is 0.0674. The van der Waals surface area contributed by atoms with Crippen molar-refractivity contribution in [2.24, 2.45) is 5.92 Å². The van der Waals surface area contributed by atoms with Gasteiger partial charge in [0.25, 0.3) is 0 Å². The van der Waals surface area contributed by atoms with Crippen LogP contribution in [0.1, 0.15) is 20.3 Å². The Morgan fingerprint density at radius 2 is 1.94 bits per heavy atom. The van der Waals surface area contributed by atoms with Crippen molar-refractivity contribution in [3.8, 4) is 0 Å². The molecule has 106 valence electrons. The number of hydrogen-bond acceptors (Lipinski definition) is 4. The van der Waals surface area contributed by atoms with Gasteiger partial charge in [0.2, 0.25) is 0 Å². The molecule has 4 nitrogen and oxygen atoms in total. The van der Waals surface area contributed by atoms with E-state index in [1.54, 1.807) is 0 Å². The zero-order chi connectivity index (χ0) is 13.0. The average Bonchev–Trinajstić information content (AvgIpc) is 2.77. The third-order valence-corrected chi connectivity index (χ3v) is 4.36. The van der Waals surface area contributed by atoms with E-state index in [1.165, 1.54) is 39.1 Å². The molecule has 2 aliphatic rings. The Balaban J connectivity index is 1.80. The van der Waals surface area contributed by atoms with E-state index in [1.807, 2.05) is 7.11 Å². The molecule has 0 aliphatic carbocycles. The SMILES string of the molecule is COCC1CCN(CC(C)(C)N2CCNCC2)C1. The number of nitrogens with one attached hydrogen (secondary N) is 1. The summed E-state index contributed by atoms with van der Waals surface area (Å²) in [4.78, 5) is 5.25. The predicted molar refractivity (Wildman–Crippen MR) is 74.9 cm³/mol. The van der Waals surface area contributed by atoms with Crippen molar-refractivity contribution in [2.45, 2.75) is 25.8 Å². The van der Waals surface area contributed by atoms with Crippen molar-refractivity contribution in [3.63, 3.8) is 0 Å². The van der Waals surface area contributed by atoms with Gasteiger partial charge in [0.05, 0.1) is 6.61 Å². The molecule has 1 unspecified atom stereocenters. The monoisotopic (exact) mass is 255 g/mol. The summed E-state index contributed by atoms with van der Waals surface area (Å²) in [6.07, 6.45) is 1.30. The minimum absolute atomic E-state index is 0.296. The van der Waals surface area contributed by atoms with Gasteiger partial charge in [-0.25, -0.2) is 0 Å². The summed E-state index contributed by atoms with van der Waals surface area (Å²) in [5.41, 5.74) is 0.296. The maximum atomic E-state index is 5.28. The second-order valence-corrected chi connectivity index (χ2v) is 6.39. The number of methoxy groups -OCH3 is 1. The van der Waals surface area contributed by atoms with Crippen molar-refractivity contribution in [3.05, 3.63) is 0 Å². The fourth-order valence-electron chi connectivity index (χ4n) is 3.35. The van der Waals surface area contributed by atoms with Crippen LogP contribution in [0.3, 0.4) is 0 Å². The Morgan fingerprint density at radius 1 is 1.22 bits per heavy atom. The number of nitrogens with zero attached hydrogens (tertiary/aromatic N) is 2. The molecule has 1 N–H and O–H groups in total. The lowest BCUT2D eigenvalue weighted by atomic mass is 10.0. The summed E-state index contributed by atoms with van der Waals surface area (Å²) < 4.78 is 5.28. The Kier molecular flexibility index (Phi) is 5.01. The fourth-order valence-corrected chi connectivity index (χ4v) is 3.35. The molecule has 0 saturated carbocycles. The van der Waals surface area contributed by atoms with E-state index in [-0.39, 0.29) is 0 Å². The molecular weight excluding hydrogens is 226 g/mol. The van der Waals surface area contributed by atoms with Crippen molar-refractivity contribution in [2.75, 3.05) is 59.5 Å². The highest BCUT2D eigenvalue weighted by molar-refractivity contribution is 4.89. The molecule has 2 saturated heterocycles. The predicted octanol–water partition coefficient (Wildman–Crippen LogP) is 0.639. The smallest absolute Gasteiger partial charge is 0.0503 e. The van der Waals surface area contributed by atoms with E-state index < -0.39 is 0 Å². The number of rotatable bonds is 5. The van der Waals surface area contributed by atoms with Gasteiger partial charge in [0, 0.05) is 51.9 Å². The van der Waals surface area contributed by atoms with Gasteiger partial charge in [0.1, 0.15) is 0 Å². The van der Waals surface area contributed by atoms with Crippen LogP contribution in [-0.2, 0) is 4.74 Å². The van der Waals surface area contributed by atoms with E-state index in [9.17, 15) is 0 Å². The number of likely N-dealkylation sites (tertiary alicyclic amines) is 1. The van der Waals surface area contributed by atoms with Crippen LogP contribution in [0, 0.1) is 5.92 Å². The molecular formula is C14H29N3O. The number of ether oxygens (including phenoxy) is 1. The minimum Gasteiger partial charge on any atom is -0.384 e. The van der Waals surface area contributed by atoms with Crippen LogP contribution in [0.2, 0.25) is 0 Å². The van der Waals surface area contributed by atoms with E-state index in [0.29, 0.717) is 5.54 Å². The van der Waals surface area contributed by atoms with E-state index in [4.69, 9.17) is 4.74 Å². The third kappa shape index (κ3) is 3.67. The van der Waals surface area contributed by atoms with Crippen LogP contribution >= 0.6 is 0 Å². The van der Waals surface area contributed by atoms with E-state index in [0.717, 1.165) is 25.6 Å². The quantitative estimate of drug-likeness (QED) is 0.780. The van der Waals surface area contributed by atoms with Crippen LogP contribution in [0.25, 0.3) is 0 Å². The van der Waals surface area contributed by atoms with Gasteiger partial charge in [-0.15, -0.1) is 0 Å². The van der Waals surface area contributed by atoms with Gasteiger partial charge in [-0.05, 0) is 32.7 Å².